The van der Waals surface area contributed by atoms with Gasteiger partial charge in [-0.1, -0.05) is 30.3 Å². The van der Waals surface area contributed by atoms with Crippen LogP contribution in [0.1, 0.15) is 11.9 Å². The van der Waals surface area contributed by atoms with Gasteiger partial charge in [0.25, 0.3) is 0 Å². The summed E-state index contributed by atoms with van der Waals surface area (Å²) < 4.78 is 10.7. The van der Waals surface area contributed by atoms with Gasteiger partial charge in [0.15, 0.2) is 12.6 Å². The molecule has 6 nitrogen and oxygen atoms in total. The highest BCUT2D eigenvalue weighted by Gasteiger charge is 2.39. The zero-order valence-electron chi connectivity index (χ0n) is 10.1. The topological polar surface area (TPSA) is 96.2 Å². The van der Waals surface area contributed by atoms with Crippen molar-refractivity contribution in [1.82, 2.24) is 0 Å². The van der Waals surface area contributed by atoms with E-state index in [4.69, 9.17) is 9.47 Å². The Morgan fingerprint density at radius 3 is 2.58 bits per heavy atom. The van der Waals surface area contributed by atoms with E-state index in [1.807, 2.05) is 6.07 Å². The summed E-state index contributed by atoms with van der Waals surface area (Å²) in [5.41, 5.74) is 0.729. The number of rotatable bonds is 4. The minimum absolute atomic E-state index is 0.0487. The highest BCUT2D eigenvalue weighted by molar-refractivity contribution is 5.56. The number of carbonyl (C=O) groups is 1. The lowest BCUT2D eigenvalue weighted by Gasteiger charge is -2.37. The Balaban J connectivity index is 2.10. The molecule has 0 amide bonds. The van der Waals surface area contributed by atoms with Crippen LogP contribution in [0.5, 0.6) is 0 Å². The SMILES string of the molecule is O=CC(O)C(O)[C@@H]1OC(c2ccccc2)OC[C@H]1O. The van der Waals surface area contributed by atoms with Crippen LogP contribution in [0.4, 0.5) is 0 Å². The number of aliphatic hydroxyl groups excluding tert-OH is 3. The lowest BCUT2D eigenvalue weighted by Crippen LogP contribution is -2.51. The van der Waals surface area contributed by atoms with Crippen LogP contribution in [-0.2, 0) is 14.3 Å². The number of ether oxygens (including phenoxy) is 2. The fraction of sp³-hybridized carbons (Fsp3) is 0.462. The van der Waals surface area contributed by atoms with Crippen LogP contribution in [-0.4, -0.2) is 52.6 Å². The lowest BCUT2D eigenvalue weighted by atomic mass is 10.0. The zero-order valence-corrected chi connectivity index (χ0v) is 10.1. The Hall–Kier alpha value is -1.31. The molecule has 0 aliphatic carbocycles. The molecule has 3 N–H and O–H groups in total. The van der Waals surface area contributed by atoms with Crippen molar-refractivity contribution >= 4 is 6.29 Å². The van der Waals surface area contributed by atoms with E-state index in [9.17, 15) is 20.1 Å². The molecule has 1 aromatic carbocycles. The third-order valence-corrected chi connectivity index (χ3v) is 2.98. The van der Waals surface area contributed by atoms with Gasteiger partial charge in [-0.05, 0) is 0 Å². The first-order valence-corrected chi connectivity index (χ1v) is 5.95. The fourth-order valence-corrected chi connectivity index (χ4v) is 1.92. The van der Waals surface area contributed by atoms with Crippen molar-refractivity contribution in [3.8, 4) is 0 Å². The van der Waals surface area contributed by atoms with Crippen LogP contribution in [0.3, 0.4) is 0 Å². The Morgan fingerprint density at radius 1 is 1.26 bits per heavy atom. The number of hydrogen-bond donors (Lipinski definition) is 3. The maximum atomic E-state index is 10.5. The van der Waals surface area contributed by atoms with Gasteiger partial charge in [0.2, 0.25) is 0 Å². The van der Waals surface area contributed by atoms with E-state index in [1.54, 1.807) is 24.3 Å². The number of hydrogen-bond acceptors (Lipinski definition) is 6. The van der Waals surface area contributed by atoms with Crippen LogP contribution in [0, 0.1) is 0 Å². The smallest absolute Gasteiger partial charge is 0.184 e. The average Bonchev–Trinajstić information content (AvgIpc) is 2.47. The predicted octanol–water partition coefficient (Wildman–Crippen LogP) is -0.618. The minimum Gasteiger partial charge on any atom is -0.388 e. The van der Waals surface area contributed by atoms with E-state index in [1.165, 1.54) is 0 Å². The van der Waals surface area contributed by atoms with E-state index in [2.05, 4.69) is 0 Å². The minimum atomic E-state index is -1.60. The van der Waals surface area contributed by atoms with Crippen LogP contribution in [0.15, 0.2) is 30.3 Å². The summed E-state index contributed by atoms with van der Waals surface area (Å²) in [5, 5.41) is 28.8. The number of aliphatic hydroxyl groups is 3. The molecule has 2 rings (SSSR count). The molecular weight excluding hydrogens is 252 g/mol. The third kappa shape index (κ3) is 3.17. The van der Waals surface area contributed by atoms with Gasteiger partial charge in [0, 0.05) is 5.56 Å². The van der Waals surface area contributed by atoms with Gasteiger partial charge in [-0.25, -0.2) is 0 Å². The summed E-state index contributed by atoms with van der Waals surface area (Å²) in [6.07, 6.45) is -5.84. The normalized spacial score (nSPS) is 30.6. The highest BCUT2D eigenvalue weighted by atomic mass is 16.7. The fourth-order valence-electron chi connectivity index (χ4n) is 1.92. The maximum Gasteiger partial charge on any atom is 0.184 e. The Labute approximate surface area is 110 Å². The van der Waals surface area contributed by atoms with Crippen molar-refractivity contribution in [2.45, 2.75) is 30.7 Å². The molecule has 1 aliphatic rings. The molecule has 1 heterocycles. The summed E-state index contributed by atoms with van der Waals surface area (Å²) >= 11 is 0. The molecule has 1 aromatic rings. The van der Waals surface area contributed by atoms with Crippen molar-refractivity contribution in [3.05, 3.63) is 35.9 Å². The molecular formula is C13H16O6. The van der Waals surface area contributed by atoms with Gasteiger partial charge >= 0.3 is 0 Å². The molecule has 19 heavy (non-hydrogen) atoms. The van der Waals surface area contributed by atoms with E-state index in [-0.39, 0.29) is 12.9 Å². The van der Waals surface area contributed by atoms with Crippen molar-refractivity contribution in [1.29, 1.82) is 0 Å². The number of benzene rings is 1. The summed E-state index contributed by atoms with van der Waals surface area (Å²) in [4.78, 5) is 10.5. The number of aldehydes is 1. The van der Waals surface area contributed by atoms with Crippen molar-refractivity contribution in [3.63, 3.8) is 0 Å². The van der Waals surface area contributed by atoms with Gasteiger partial charge in [-0.15, -0.1) is 0 Å². The second-order valence-corrected chi connectivity index (χ2v) is 4.36. The third-order valence-electron chi connectivity index (χ3n) is 2.98. The second kappa shape index (κ2) is 6.23. The zero-order chi connectivity index (χ0) is 13.8. The van der Waals surface area contributed by atoms with Crippen molar-refractivity contribution in [2.75, 3.05) is 6.61 Å². The molecule has 1 saturated heterocycles. The molecule has 0 bridgehead atoms. The second-order valence-electron chi connectivity index (χ2n) is 4.36. The molecule has 0 aromatic heterocycles. The summed E-state index contributed by atoms with van der Waals surface area (Å²) in [7, 11) is 0. The first-order valence-electron chi connectivity index (χ1n) is 5.95. The van der Waals surface area contributed by atoms with Gasteiger partial charge in [-0.3, -0.25) is 0 Å². The predicted molar refractivity (Wildman–Crippen MR) is 64.1 cm³/mol. The molecule has 5 atom stereocenters. The highest BCUT2D eigenvalue weighted by Crippen LogP contribution is 2.28. The standard InChI is InChI=1S/C13H16O6/c14-6-9(15)11(17)12-10(16)7-18-13(19-12)8-4-2-1-3-5-8/h1-6,9-13,15-17H,7H2/t9?,10-,11?,12-,13?/m1/s1. The molecule has 0 saturated carbocycles. The first-order chi connectivity index (χ1) is 9.13. The quantitative estimate of drug-likeness (QED) is 0.630. The Bertz CT molecular complexity index is 409. The summed E-state index contributed by atoms with van der Waals surface area (Å²) in [5.74, 6) is 0. The van der Waals surface area contributed by atoms with Crippen LogP contribution >= 0.6 is 0 Å². The van der Waals surface area contributed by atoms with E-state index in [0.717, 1.165) is 5.56 Å². The first kappa shape index (κ1) is 14.1. The Kier molecular flexibility index (Phi) is 4.62. The maximum absolute atomic E-state index is 10.5. The molecule has 0 spiro atoms. The van der Waals surface area contributed by atoms with Crippen molar-refractivity contribution < 1.29 is 29.6 Å². The molecule has 104 valence electrons. The van der Waals surface area contributed by atoms with E-state index < -0.39 is 30.7 Å². The lowest BCUT2D eigenvalue weighted by molar-refractivity contribution is -0.281. The van der Waals surface area contributed by atoms with Crippen molar-refractivity contribution in [2.24, 2.45) is 0 Å². The molecule has 1 fully saturated rings. The largest absolute Gasteiger partial charge is 0.388 e. The molecule has 1 aliphatic heterocycles. The van der Waals surface area contributed by atoms with Gasteiger partial charge in [0.1, 0.15) is 24.4 Å². The average molecular weight is 268 g/mol. The van der Waals surface area contributed by atoms with E-state index >= 15 is 0 Å². The molecule has 6 heteroatoms. The summed E-state index contributed by atoms with van der Waals surface area (Å²) in [6.45, 7) is -0.0487. The monoisotopic (exact) mass is 268 g/mol. The Morgan fingerprint density at radius 2 is 1.95 bits per heavy atom. The number of carbonyl (C=O) groups excluding carboxylic acids is 1. The van der Waals surface area contributed by atoms with Gasteiger partial charge in [-0.2, -0.15) is 0 Å². The van der Waals surface area contributed by atoms with Gasteiger partial charge < -0.3 is 29.6 Å². The molecule has 0 radical (unpaired) electrons. The van der Waals surface area contributed by atoms with Crippen LogP contribution in [0.2, 0.25) is 0 Å². The molecule has 3 unspecified atom stereocenters. The van der Waals surface area contributed by atoms with Crippen LogP contribution in [0.25, 0.3) is 0 Å². The van der Waals surface area contributed by atoms with Gasteiger partial charge in [0.05, 0.1) is 6.61 Å². The van der Waals surface area contributed by atoms with E-state index in [0.29, 0.717) is 0 Å². The summed E-state index contributed by atoms with van der Waals surface area (Å²) in [6, 6.07) is 9.01. The van der Waals surface area contributed by atoms with Crippen LogP contribution < -0.4 is 0 Å².